The van der Waals surface area contributed by atoms with Gasteiger partial charge in [-0.2, -0.15) is 0 Å². The zero-order valence-electron chi connectivity index (χ0n) is 5.43. The summed E-state index contributed by atoms with van der Waals surface area (Å²) in [7, 11) is 0. The average molecular weight is 118 g/mol. The molecule has 0 nitrogen and oxygen atoms in total. The molecule has 1 fully saturated rings. The van der Waals surface area contributed by atoms with Crippen LogP contribution in [0, 0.1) is 5.92 Å². The first kappa shape index (κ1) is 5.04. The molecule has 1 unspecified atom stereocenters. The second-order valence-corrected chi connectivity index (χ2v) is 2.77. The molecule has 0 aromatic rings. The molecule has 0 radical (unpaired) electrons. The van der Waals surface area contributed by atoms with Crippen LogP contribution < -0.4 is 0 Å². The fraction of sp³-hybridized carbons (Fsp3) is 0.333. The first-order valence-electron chi connectivity index (χ1n) is 3.44. The van der Waals surface area contributed by atoms with Crippen molar-refractivity contribution < 1.29 is 0 Å². The molecule has 0 aromatic heterocycles. The van der Waals surface area contributed by atoms with Crippen LogP contribution in [0.15, 0.2) is 36.0 Å². The van der Waals surface area contributed by atoms with Crippen LogP contribution in [-0.4, -0.2) is 0 Å². The summed E-state index contributed by atoms with van der Waals surface area (Å²) in [4.78, 5) is 0. The fourth-order valence-electron chi connectivity index (χ4n) is 1.49. The van der Waals surface area contributed by atoms with Crippen molar-refractivity contribution in [2.75, 3.05) is 0 Å². The Bertz CT molecular complexity index is 206. The van der Waals surface area contributed by atoms with Gasteiger partial charge in [-0.05, 0) is 18.4 Å². The van der Waals surface area contributed by atoms with E-state index in [4.69, 9.17) is 0 Å². The molecule has 0 heterocycles. The Hall–Kier alpha value is -0.780. The molecule has 0 N–H and O–H groups in total. The predicted molar refractivity (Wildman–Crippen MR) is 39.1 cm³/mol. The van der Waals surface area contributed by atoms with Gasteiger partial charge in [0.1, 0.15) is 0 Å². The highest BCUT2D eigenvalue weighted by Crippen LogP contribution is 2.40. The van der Waals surface area contributed by atoms with Crippen molar-refractivity contribution in [1.29, 1.82) is 0 Å². The van der Waals surface area contributed by atoms with E-state index in [1.807, 2.05) is 0 Å². The van der Waals surface area contributed by atoms with Crippen molar-refractivity contribution in [2.45, 2.75) is 12.8 Å². The SMILES string of the molecule is C=C1C=CC=C2CCC12. The number of hydrogen-bond donors (Lipinski definition) is 0. The molecule has 0 aromatic carbocycles. The Balaban J connectivity index is 2.33. The van der Waals surface area contributed by atoms with Gasteiger partial charge in [-0.15, -0.1) is 0 Å². The second kappa shape index (κ2) is 1.60. The minimum atomic E-state index is 0.731. The van der Waals surface area contributed by atoms with E-state index in [9.17, 15) is 0 Å². The summed E-state index contributed by atoms with van der Waals surface area (Å²) in [5, 5.41) is 0. The van der Waals surface area contributed by atoms with Crippen molar-refractivity contribution in [2.24, 2.45) is 5.92 Å². The van der Waals surface area contributed by atoms with Crippen molar-refractivity contribution >= 4 is 0 Å². The number of rotatable bonds is 0. The lowest BCUT2D eigenvalue weighted by molar-refractivity contribution is 0.513. The van der Waals surface area contributed by atoms with Crippen LogP contribution in [0.1, 0.15) is 12.8 Å². The Morgan fingerprint density at radius 2 is 2.44 bits per heavy atom. The second-order valence-electron chi connectivity index (χ2n) is 2.77. The number of fused-ring (bicyclic) bond motifs is 1. The highest BCUT2D eigenvalue weighted by molar-refractivity contribution is 5.40. The maximum absolute atomic E-state index is 3.97. The molecule has 0 aliphatic heterocycles. The molecule has 2 aliphatic carbocycles. The summed E-state index contributed by atoms with van der Waals surface area (Å²) in [5.41, 5.74) is 2.89. The molecule has 1 saturated carbocycles. The maximum atomic E-state index is 3.97. The Kier molecular flexibility index (Phi) is 0.895. The predicted octanol–water partition coefficient (Wildman–Crippen LogP) is 2.45. The molecule has 2 aliphatic rings. The molecule has 0 bridgehead atoms. The lowest BCUT2D eigenvalue weighted by Crippen LogP contribution is -2.18. The standard InChI is InChI=1S/C9H10/c1-7-3-2-4-8-5-6-9(7)8/h2-4,9H,1,5-6H2. The van der Waals surface area contributed by atoms with Crippen molar-refractivity contribution in [3.63, 3.8) is 0 Å². The monoisotopic (exact) mass is 118 g/mol. The van der Waals surface area contributed by atoms with Crippen molar-refractivity contribution in [3.8, 4) is 0 Å². The highest BCUT2D eigenvalue weighted by Gasteiger charge is 2.26. The lowest BCUT2D eigenvalue weighted by atomic mass is 9.73. The third-order valence-electron chi connectivity index (χ3n) is 2.24. The summed E-state index contributed by atoms with van der Waals surface area (Å²) in [6.07, 6.45) is 9.08. The minimum Gasteiger partial charge on any atom is -0.0952 e. The molecule has 0 amide bonds. The highest BCUT2D eigenvalue weighted by atomic mass is 14.3. The van der Waals surface area contributed by atoms with E-state index in [2.05, 4.69) is 24.8 Å². The molecule has 46 valence electrons. The molecule has 1 atom stereocenters. The van der Waals surface area contributed by atoms with Crippen molar-refractivity contribution in [1.82, 2.24) is 0 Å². The number of allylic oxidation sites excluding steroid dienone is 5. The van der Waals surface area contributed by atoms with Gasteiger partial charge in [-0.3, -0.25) is 0 Å². The van der Waals surface area contributed by atoms with E-state index in [0.29, 0.717) is 0 Å². The van der Waals surface area contributed by atoms with Crippen LogP contribution >= 0.6 is 0 Å². The smallest absolute Gasteiger partial charge is 0.00484 e. The summed E-state index contributed by atoms with van der Waals surface area (Å²) >= 11 is 0. The van der Waals surface area contributed by atoms with Crippen LogP contribution in [-0.2, 0) is 0 Å². The Labute approximate surface area is 55.6 Å². The molecule has 2 rings (SSSR count). The van der Waals surface area contributed by atoms with E-state index in [0.717, 1.165) is 5.92 Å². The minimum absolute atomic E-state index is 0.731. The molecule has 0 heteroatoms. The lowest BCUT2D eigenvalue weighted by Gasteiger charge is -2.32. The first-order chi connectivity index (χ1) is 4.38. The summed E-state index contributed by atoms with van der Waals surface area (Å²) in [5.74, 6) is 0.731. The van der Waals surface area contributed by atoms with Gasteiger partial charge >= 0.3 is 0 Å². The van der Waals surface area contributed by atoms with E-state index < -0.39 is 0 Å². The molecular formula is C9H10. The van der Waals surface area contributed by atoms with Gasteiger partial charge in [-0.1, -0.05) is 30.4 Å². The van der Waals surface area contributed by atoms with E-state index in [1.54, 1.807) is 5.57 Å². The van der Waals surface area contributed by atoms with E-state index >= 15 is 0 Å². The first-order valence-corrected chi connectivity index (χ1v) is 3.44. The van der Waals surface area contributed by atoms with Gasteiger partial charge in [0, 0.05) is 5.92 Å². The van der Waals surface area contributed by atoms with Gasteiger partial charge in [0.25, 0.3) is 0 Å². The van der Waals surface area contributed by atoms with Crippen LogP contribution in [0.2, 0.25) is 0 Å². The zero-order valence-corrected chi connectivity index (χ0v) is 5.43. The van der Waals surface area contributed by atoms with Gasteiger partial charge in [0.15, 0.2) is 0 Å². The van der Waals surface area contributed by atoms with Gasteiger partial charge < -0.3 is 0 Å². The van der Waals surface area contributed by atoms with Crippen LogP contribution in [0.25, 0.3) is 0 Å². The molecule has 0 saturated heterocycles. The van der Waals surface area contributed by atoms with E-state index in [-0.39, 0.29) is 0 Å². The summed E-state index contributed by atoms with van der Waals surface area (Å²) in [6.45, 7) is 3.97. The third-order valence-corrected chi connectivity index (χ3v) is 2.24. The summed E-state index contributed by atoms with van der Waals surface area (Å²) < 4.78 is 0. The maximum Gasteiger partial charge on any atom is 0.00484 e. The quantitative estimate of drug-likeness (QED) is 0.458. The normalized spacial score (nSPS) is 30.9. The fourth-order valence-corrected chi connectivity index (χ4v) is 1.49. The van der Waals surface area contributed by atoms with E-state index in [1.165, 1.54) is 18.4 Å². The Morgan fingerprint density at radius 1 is 1.56 bits per heavy atom. The molecule has 0 spiro atoms. The largest absolute Gasteiger partial charge is 0.0952 e. The Morgan fingerprint density at radius 3 is 2.89 bits per heavy atom. The van der Waals surface area contributed by atoms with Crippen LogP contribution in [0.3, 0.4) is 0 Å². The van der Waals surface area contributed by atoms with Crippen LogP contribution in [0.4, 0.5) is 0 Å². The van der Waals surface area contributed by atoms with Crippen LogP contribution in [0.5, 0.6) is 0 Å². The van der Waals surface area contributed by atoms with Gasteiger partial charge in [-0.25, -0.2) is 0 Å². The zero-order chi connectivity index (χ0) is 6.27. The molecule has 9 heavy (non-hydrogen) atoms. The summed E-state index contributed by atoms with van der Waals surface area (Å²) in [6, 6.07) is 0. The van der Waals surface area contributed by atoms with Gasteiger partial charge in [0.05, 0.1) is 0 Å². The third kappa shape index (κ3) is 0.593. The molecular weight excluding hydrogens is 108 g/mol. The average Bonchev–Trinajstić information content (AvgIpc) is 1.74. The van der Waals surface area contributed by atoms with Crippen molar-refractivity contribution in [3.05, 3.63) is 36.0 Å². The number of hydrogen-bond acceptors (Lipinski definition) is 0. The topological polar surface area (TPSA) is 0 Å². The van der Waals surface area contributed by atoms with Gasteiger partial charge in [0.2, 0.25) is 0 Å².